The third-order valence-electron chi connectivity index (χ3n) is 5.74. The molecule has 0 amide bonds. The third-order valence-corrected chi connectivity index (χ3v) is 5.74. The van der Waals surface area contributed by atoms with Crippen molar-refractivity contribution in [1.29, 1.82) is 0 Å². The molecule has 7 nitrogen and oxygen atoms in total. The molecule has 30 heavy (non-hydrogen) atoms. The van der Waals surface area contributed by atoms with Gasteiger partial charge in [-0.3, -0.25) is 4.57 Å². The van der Waals surface area contributed by atoms with Crippen LogP contribution in [0.4, 0.5) is 0 Å². The first kappa shape index (κ1) is 18.8. The van der Waals surface area contributed by atoms with Crippen LogP contribution < -0.4 is 4.74 Å². The Kier molecular flexibility index (Phi) is 4.75. The molecule has 3 aromatic heterocycles. The van der Waals surface area contributed by atoms with E-state index in [2.05, 4.69) is 32.7 Å². The fourth-order valence-electron chi connectivity index (χ4n) is 4.16. The number of likely N-dealkylation sites (tertiary alicyclic amines) is 1. The van der Waals surface area contributed by atoms with Gasteiger partial charge in [0, 0.05) is 36.9 Å². The first-order valence-electron chi connectivity index (χ1n) is 10.4. The van der Waals surface area contributed by atoms with Crippen LogP contribution in [-0.2, 0) is 0 Å². The zero-order chi connectivity index (χ0) is 20.7. The summed E-state index contributed by atoms with van der Waals surface area (Å²) in [4.78, 5) is 11.7. The molecule has 1 aliphatic rings. The number of hydrogen-bond donors (Lipinski definition) is 0. The first-order chi connectivity index (χ1) is 14.6. The molecule has 1 aromatic carbocycles. The van der Waals surface area contributed by atoms with Gasteiger partial charge >= 0.3 is 0 Å². The minimum Gasteiger partial charge on any atom is -0.488 e. The number of para-hydroxylation sites is 2. The van der Waals surface area contributed by atoms with E-state index >= 15 is 0 Å². The molecule has 4 aromatic rings. The highest BCUT2D eigenvalue weighted by Crippen LogP contribution is 2.31. The normalized spacial score (nSPS) is 15.7. The van der Waals surface area contributed by atoms with Crippen LogP contribution in [0.15, 0.2) is 48.9 Å². The Hall–Kier alpha value is -3.19. The summed E-state index contributed by atoms with van der Waals surface area (Å²) in [6.07, 6.45) is 7.94. The molecule has 154 valence electrons. The molecule has 1 aliphatic heterocycles. The molecule has 0 saturated carbocycles. The Balaban J connectivity index is 1.55. The van der Waals surface area contributed by atoms with Crippen molar-refractivity contribution in [2.75, 3.05) is 20.1 Å². The van der Waals surface area contributed by atoms with Gasteiger partial charge in [0.1, 0.15) is 17.7 Å². The Morgan fingerprint density at radius 1 is 1.10 bits per heavy atom. The Morgan fingerprint density at radius 2 is 1.90 bits per heavy atom. The molecule has 0 atom stereocenters. The van der Waals surface area contributed by atoms with Crippen molar-refractivity contribution in [3.05, 3.63) is 60.3 Å². The zero-order valence-corrected chi connectivity index (χ0v) is 17.6. The zero-order valence-electron chi connectivity index (χ0n) is 17.6. The maximum atomic E-state index is 6.44. The van der Waals surface area contributed by atoms with Crippen LogP contribution in [0.5, 0.6) is 5.75 Å². The van der Waals surface area contributed by atoms with Crippen LogP contribution in [0, 0.1) is 13.8 Å². The molecule has 0 radical (unpaired) electrons. The predicted molar refractivity (Wildman–Crippen MR) is 116 cm³/mol. The molecular weight excluding hydrogens is 376 g/mol. The van der Waals surface area contributed by atoms with Crippen molar-refractivity contribution >= 4 is 5.65 Å². The van der Waals surface area contributed by atoms with Crippen molar-refractivity contribution in [2.24, 2.45) is 0 Å². The van der Waals surface area contributed by atoms with Gasteiger partial charge in [-0.25, -0.2) is 14.5 Å². The molecular formula is C23H26N6O. The lowest BCUT2D eigenvalue weighted by atomic mass is 10.1. The van der Waals surface area contributed by atoms with E-state index in [1.54, 1.807) is 0 Å². The maximum absolute atomic E-state index is 6.44. The minimum absolute atomic E-state index is 0.235. The van der Waals surface area contributed by atoms with Crippen LogP contribution in [0.1, 0.15) is 24.2 Å². The van der Waals surface area contributed by atoms with E-state index in [0.717, 1.165) is 65.8 Å². The number of ether oxygens (including phenoxy) is 1. The van der Waals surface area contributed by atoms with Gasteiger partial charge in [0.25, 0.3) is 0 Å². The largest absolute Gasteiger partial charge is 0.488 e. The molecule has 7 heteroatoms. The summed E-state index contributed by atoms with van der Waals surface area (Å²) in [5.74, 6) is 1.69. The highest BCUT2D eigenvalue weighted by atomic mass is 16.5. The van der Waals surface area contributed by atoms with E-state index in [1.807, 2.05) is 61.2 Å². The average Bonchev–Trinajstić information content (AvgIpc) is 3.37. The molecule has 1 fully saturated rings. The smallest absolute Gasteiger partial charge is 0.166 e. The van der Waals surface area contributed by atoms with Crippen molar-refractivity contribution in [3.8, 4) is 22.8 Å². The number of benzene rings is 1. The van der Waals surface area contributed by atoms with Crippen LogP contribution >= 0.6 is 0 Å². The van der Waals surface area contributed by atoms with Gasteiger partial charge in [-0.1, -0.05) is 12.1 Å². The van der Waals surface area contributed by atoms with Crippen LogP contribution in [0.3, 0.4) is 0 Å². The van der Waals surface area contributed by atoms with Gasteiger partial charge < -0.3 is 9.64 Å². The summed E-state index contributed by atoms with van der Waals surface area (Å²) in [5, 5.41) is 4.54. The quantitative estimate of drug-likeness (QED) is 0.521. The van der Waals surface area contributed by atoms with Crippen molar-refractivity contribution in [1.82, 2.24) is 29.0 Å². The second-order valence-corrected chi connectivity index (χ2v) is 8.04. The number of aryl methyl sites for hydroxylation is 2. The number of nitrogens with zero attached hydrogens (tertiary/aromatic N) is 6. The average molecular weight is 403 g/mol. The monoisotopic (exact) mass is 402 g/mol. The number of hydrogen-bond acceptors (Lipinski definition) is 5. The summed E-state index contributed by atoms with van der Waals surface area (Å²) in [7, 11) is 2.16. The van der Waals surface area contributed by atoms with Crippen LogP contribution in [-0.4, -0.2) is 55.3 Å². The van der Waals surface area contributed by atoms with Crippen LogP contribution in [0.2, 0.25) is 0 Å². The number of aromatic nitrogens is 5. The van der Waals surface area contributed by atoms with Crippen molar-refractivity contribution in [3.63, 3.8) is 0 Å². The molecule has 0 aliphatic carbocycles. The molecule has 0 N–H and O–H groups in total. The molecule has 0 bridgehead atoms. The number of fused-ring (bicyclic) bond motifs is 1. The molecule has 1 saturated heterocycles. The highest BCUT2D eigenvalue weighted by molar-refractivity contribution is 5.74. The van der Waals surface area contributed by atoms with Gasteiger partial charge in [0.05, 0.1) is 17.4 Å². The lowest BCUT2D eigenvalue weighted by Crippen LogP contribution is -2.35. The van der Waals surface area contributed by atoms with Crippen molar-refractivity contribution < 1.29 is 4.74 Å². The van der Waals surface area contributed by atoms with E-state index in [9.17, 15) is 0 Å². The van der Waals surface area contributed by atoms with E-state index in [4.69, 9.17) is 9.72 Å². The SMILES string of the molecule is Cc1cc(C)n2ncc(-c3nccn3-c3ccccc3OC3CCN(C)CC3)c2n1. The fraction of sp³-hybridized carbons (Fsp3) is 0.348. The van der Waals surface area contributed by atoms with Gasteiger partial charge in [-0.15, -0.1) is 0 Å². The Labute approximate surface area is 175 Å². The first-order valence-corrected chi connectivity index (χ1v) is 10.4. The van der Waals surface area contributed by atoms with Gasteiger partial charge in [-0.2, -0.15) is 5.10 Å². The lowest BCUT2D eigenvalue weighted by Gasteiger charge is -2.30. The highest BCUT2D eigenvalue weighted by Gasteiger charge is 2.21. The second-order valence-electron chi connectivity index (χ2n) is 8.04. The summed E-state index contributed by atoms with van der Waals surface area (Å²) >= 11 is 0. The van der Waals surface area contributed by atoms with E-state index in [-0.39, 0.29) is 6.10 Å². The lowest BCUT2D eigenvalue weighted by molar-refractivity contribution is 0.114. The number of rotatable bonds is 4. The van der Waals surface area contributed by atoms with E-state index < -0.39 is 0 Å². The standard InChI is InChI=1S/C23H26N6O/c1-16-14-17(2)29-23(26-16)19(15-25-29)22-24-10-13-28(22)20-6-4-5-7-21(20)30-18-8-11-27(3)12-9-18/h4-7,10,13-15,18H,8-9,11-12H2,1-3H3. The topological polar surface area (TPSA) is 60.5 Å². The molecule has 0 unspecified atom stereocenters. The minimum atomic E-state index is 0.235. The summed E-state index contributed by atoms with van der Waals surface area (Å²) in [6.45, 7) is 6.17. The molecule has 4 heterocycles. The summed E-state index contributed by atoms with van der Waals surface area (Å²) in [6, 6.07) is 10.2. The Bertz CT molecular complexity index is 1190. The number of imidazole rings is 1. The summed E-state index contributed by atoms with van der Waals surface area (Å²) in [5.41, 5.74) is 4.71. The Morgan fingerprint density at radius 3 is 2.73 bits per heavy atom. The second kappa shape index (κ2) is 7.57. The van der Waals surface area contributed by atoms with Crippen molar-refractivity contribution in [2.45, 2.75) is 32.8 Å². The van der Waals surface area contributed by atoms with E-state index in [0.29, 0.717) is 0 Å². The summed E-state index contributed by atoms with van der Waals surface area (Å²) < 4.78 is 10.4. The fourth-order valence-corrected chi connectivity index (χ4v) is 4.16. The predicted octanol–water partition coefficient (Wildman–Crippen LogP) is 3.67. The van der Waals surface area contributed by atoms with Crippen LogP contribution in [0.25, 0.3) is 22.7 Å². The van der Waals surface area contributed by atoms with Gasteiger partial charge in [0.2, 0.25) is 0 Å². The third kappa shape index (κ3) is 3.35. The molecule has 5 rings (SSSR count). The number of piperidine rings is 1. The maximum Gasteiger partial charge on any atom is 0.166 e. The van der Waals surface area contributed by atoms with Gasteiger partial charge in [-0.05, 0) is 51.9 Å². The van der Waals surface area contributed by atoms with Gasteiger partial charge in [0.15, 0.2) is 5.65 Å². The van der Waals surface area contributed by atoms with E-state index in [1.165, 1.54) is 0 Å². The molecule has 0 spiro atoms.